The van der Waals surface area contributed by atoms with Gasteiger partial charge in [-0.2, -0.15) is 47.4 Å². The Hall–Kier alpha value is -8.69. The van der Waals surface area contributed by atoms with E-state index in [0.29, 0.717) is 55.5 Å². The molecule has 12 N–H and O–H groups in total. The number of rotatable bonds is 15. The molecule has 84 heavy (non-hydrogen) atoms. The number of thiazole rings is 1. The molecule has 0 saturated carbocycles. The molecule has 10 aromatic rings. The van der Waals surface area contributed by atoms with Crippen molar-refractivity contribution in [3.63, 3.8) is 0 Å². The fourth-order valence-electron chi connectivity index (χ4n) is 8.22. The Balaban J connectivity index is 0.000000227. The van der Waals surface area contributed by atoms with Crippen LogP contribution in [0.3, 0.4) is 0 Å². The van der Waals surface area contributed by atoms with Crippen LogP contribution in [0.25, 0.3) is 43.6 Å². The first-order valence-electron chi connectivity index (χ1n) is 23.5. The predicted octanol–water partition coefficient (Wildman–Crippen LogP) is 11.0. The van der Waals surface area contributed by atoms with Crippen molar-refractivity contribution < 1.29 is 64.9 Å². The summed E-state index contributed by atoms with van der Waals surface area (Å²) in [5.41, 5.74) is 15.8. The number of benzene rings is 8. The van der Waals surface area contributed by atoms with Crippen LogP contribution in [0.5, 0.6) is 0 Å². The molecule has 0 saturated heterocycles. The van der Waals surface area contributed by atoms with Gasteiger partial charge in [-0.25, -0.2) is 9.97 Å². The van der Waals surface area contributed by atoms with Gasteiger partial charge < -0.3 is 26.8 Å². The molecule has 10 rings (SSSR count). The summed E-state index contributed by atoms with van der Waals surface area (Å²) in [6.07, 6.45) is 0. The standard InChI is InChI=1S/C33H23N5O9S5.C19H17N5O6S2/c34-33-35-31(22-6-5-18-3-1-2-4-19(18)11-22)32(48-33)37-36-23-9-7-21-13-25(10-8-20(21)12-23)49-38-24-14-27-28(29(15-24)51(42,43)44)16-26(50(39,40)41)17-30(27)52(45,46)47;1-11-16(10-20)18(22-12-2-6-14(7-3-12)31(25,26)27)24-19(17(11)21)23-13-4-8-15(9-5-13)32(28,29)30/h1-17,38H,(H2,34,35)(H,39,40,41)(H,42,43,44)(H,45,46,47);2-9H,21H2,1H3,(H2,22,23,24)(H,25,26,27)(H,28,29,30). The van der Waals surface area contributed by atoms with Crippen molar-refractivity contribution in [2.75, 3.05) is 26.8 Å². The number of nitrogens with zero attached hydrogens (tertiary/aromatic N) is 5. The lowest BCUT2D eigenvalue weighted by atomic mass is 10.1. The summed E-state index contributed by atoms with van der Waals surface area (Å²) in [6, 6.07) is 40.4. The molecule has 0 unspecified atom stereocenters. The van der Waals surface area contributed by atoms with Gasteiger partial charge in [-0.3, -0.25) is 22.8 Å². The highest BCUT2D eigenvalue weighted by Crippen LogP contribution is 2.41. The molecule has 0 amide bonds. The molecular weight excluding hydrogens is 1230 g/mol. The largest absolute Gasteiger partial charge is 0.395 e. The molecule has 25 nitrogen and oxygen atoms in total. The Morgan fingerprint density at radius 3 is 1.67 bits per heavy atom. The Bertz CT molecular complexity index is 4990. The Kier molecular flexibility index (Phi) is 16.5. The number of fused-ring (bicyclic) bond motifs is 3. The van der Waals surface area contributed by atoms with Crippen molar-refractivity contribution in [1.82, 2.24) is 9.97 Å². The molecule has 0 aliphatic rings. The number of hydrogen-bond donors (Lipinski definition) is 10. The third kappa shape index (κ3) is 13.7. The molecule has 0 aliphatic carbocycles. The summed E-state index contributed by atoms with van der Waals surface area (Å²) in [4.78, 5) is 6.01. The lowest BCUT2D eigenvalue weighted by Crippen LogP contribution is -2.08. The number of azo groups is 1. The highest BCUT2D eigenvalue weighted by Gasteiger charge is 2.26. The molecule has 0 spiro atoms. The molecule has 8 aromatic carbocycles. The lowest BCUT2D eigenvalue weighted by Gasteiger charge is -2.16. The monoisotopic (exact) mass is 1270 g/mol. The van der Waals surface area contributed by atoms with Crippen LogP contribution in [-0.4, -0.2) is 74.8 Å². The van der Waals surface area contributed by atoms with Crippen molar-refractivity contribution in [2.24, 2.45) is 10.2 Å². The molecule has 2 heterocycles. The zero-order valence-corrected chi connectivity index (χ0v) is 48.2. The molecule has 0 atom stereocenters. The summed E-state index contributed by atoms with van der Waals surface area (Å²) in [5, 5.41) is 28.0. The minimum absolute atomic E-state index is 0.0164. The van der Waals surface area contributed by atoms with E-state index in [1.807, 2.05) is 72.8 Å². The van der Waals surface area contributed by atoms with E-state index in [4.69, 9.17) is 20.6 Å². The smallest absolute Gasteiger partial charge is 0.295 e. The second-order valence-corrected chi connectivity index (χ2v) is 26.8. The fraction of sp³-hybridized carbons (Fsp3) is 0.0192. The number of anilines is 7. The fourth-order valence-corrected chi connectivity index (χ4v) is 12.6. The predicted molar refractivity (Wildman–Crippen MR) is 318 cm³/mol. The number of pyridine rings is 1. The maximum absolute atomic E-state index is 12.3. The summed E-state index contributed by atoms with van der Waals surface area (Å²) in [5.74, 6) is 0.314. The highest BCUT2D eigenvalue weighted by molar-refractivity contribution is 8.00. The summed E-state index contributed by atoms with van der Waals surface area (Å²) < 4.78 is 168. The molecule has 2 aromatic heterocycles. The third-order valence-electron chi connectivity index (χ3n) is 12.2. The first kappa shape index (κ1) is 59.9. The first-order valence-corrected chi connectivity index (χ1v) is 32.3. The lowest BCUT2D eigenvalue weighted by molar-refractivity contribution is 0.478. The molecule has 430 valence electrons. The molecular formula is C52H40N10O15S7. The van der Waals surface area contributed by atoms with Gasteiger partial charge in [-0.1, -0.05) is 59.9 Å². The van der Waals surface area contributed by atoms with Crippen LogP contribution in [0.1, 0.15) is 11.1 Å². The topological polar surface area (TPSA) is 434 Å². The van der Waals surface area contributed by atoms with E-state index in [-0.39, 0.29) is 38.4 Å². The van der Waals surface area contributed by atoms with Gasteiger partial charge >= 0.3 is 0 Å². The number of aromatic nitrogens is 2. The van der Waals surface area contributed by atoms with Gasteiger partial charge in [0.1, 0.15) is 21.6 Å². The molecule has 32 heteroatoms. The van der Waals surface area contributed by atoms with Crippen LogP contribution < -0.4 is 26.8 Å². The molecule has 0 aliphatic heterocycles. The Labute approximate surface area is 486 Å². The van der Waals surface area contributed by atoms with E-state index in [0.717, 1.165) is 51.2 Å². The van der Waals surface area contributed by atoms with Crippen LogP contribution in [0.2, 0.25) is 0 Å². The van der Waals surface area contributed by atoms with Crippen LogP contribution in [0, 0.1) is 18.3 Å². The Morgan fingerprint density at radius 2 is 1.07 bits per heavy atom. The normalized spacial score (nSPS) is 12.2. The van der Waals surface area contributed by atoms with Crippen LogP contribution in [0.4, 0.5) is 50.2 Å². The summed E-state index contributed by atoms with van der Waals surface area (Å²) >= 11 is 2.24. The average Bonchev–Trinajstić information content (AvgIpc) is 1.42. The van der Waals surface area contributed by atoms with E-state index in [2.05, 4.69) is 35.6 Å². The second-order valence-electron chi connectivity index (χ2n) is 17.9. The van der Waals surface area contributed by atoms with Crippen LogP contribution >= 0.6 is 23.3 Å². The van der Waals surface area contributed by atoms with Crippen molar-refractivity contribution in [1.29, 1.82) is 5.26 Å². The maximum Gasteiger partial charge on any atom is 0.295 e. The third-order valence-corrected chi connectivity index (χ3v) is 18.2. The van der Waals surface area contributed by atoms with Crippen molar-refractivity contribution in [2.45, 2.75) is 36.3 Å². The van der Waals surface area contributed by atoms with Gasteiger partial charge in [0.15, 0.2) is 21.8 Å². The van der Waals surface area contributed by atoms with Crippen LogP contribution in [-0.2, 0) is 50.6 Å². The van der Waals surface area contributed by atoms with Gasteiger partial charge in [0.2, 0.25) is 0 Å². The van der Waals surface area contributed by atoms with E-state index in [9.17, 15) is 61.0 Å². The zero-order valence-electron chi connectivity index (χ0n) is 42.5. The van der Waals surface area contributed by atoms with Gasteiger partial charge in [0, 0.05) is 38.3 Å². The summed E-state index contributed by atoms with van der Waals surface area (Å²) in [6.45, 7) is 1.62. The quantitative estimate of drug-likeness (QED) is 0.0259. The van der Waals surface area contributed by atoms with Crippen molar-refractivity contribution >= 4 is 156 Å². The van der Waals surface area contributed by atoms with E-state index in [1.165, 1.54) is 59.9 Å². The van der Waals surface area contributed by atoms with Gasteiger partial charge in [0.25, 0.3) is 50.6 Å². The maximum atomic E-state index is 12.3. The van der Waals surface area contributed by atoms with Gasteiger partial charge in [0.05, 0.1) is 31.6 Å². The first-order chi connectivity index (χ1) is 39.4. The minimum atomic E-state index is -5.14. The zero-order chi connectivity index (χ0) is 60.7. The number of nitrogen functional groups attached to an aromatic ring is 2. The number of hydrogen-bond acceptors (Lipinski definition) is 22. The Morgan fingerprint density at radius 1 is 0.536 bits per heavy atom. The molecule has 0 bridgehead atoms. The van der Waals surface area contributed by atoms with E-state index >= 15 is 0 Å². The minimum Gasteiger partial charge on any atom is -0.395 e. The summed E-state index contributed by atoms with van der Waals surface area (Å²) in [7, 11) is -23.9. The van der Waals surface area contributed by atoms with E-state index < -0.39 is 76.0 Å². The molecule has 0 fully saturated rings. The highest BCUT2D eigenvalue weighted by atomic mass is 32.2. The van der Waals surface area contributed by atoms with Crippen molar-refractivity contribution in [3.8, 4) is 17.3 Å². The second kappa shape index (κ2) is 23.2. The van der Waals surface area contributed by atoms with Crippen molar-refractivity contribution in [3.05, 3.63) is 163 Å². The SMILES string of the molecule is Cc1c(N)c(Nc2ccc(S(=O)(=O)O)cc2)nc(Nc2ccc(S(=O)(=O)O)cc2)c1C#N.Nc1nc(-c2ccc3ccccc3c2)c(N=Nc2ccc3cc(SNc4cc(S(=O)(=O)O)c5cc(S(=O)(=O)O)cc(S(=O)(=O)O)c5c4)ccc3c2)s1. The van der Waals surface area contributed by atoms with E-state index in [1.54, 1.807) is 19.1 Å². The van der Waals surface area contributed by atoms with Gasteiger partial charge in [-0.15, -0.1) is 10.2 Å². The number of nitriles is 1. The number of nitrogens with two attached hydrogens (primary N) is 2. The number of nitrogens with one attached hydrogen (secondary N) is 3. The van der Waals surface area contributed by atoms with Gasteiger partial charge in [-0.05, 0) is 149 Å². The average molecular weight is 1270 g/mol. The van der Waals surface area contributed by atoms with Crippen LogP contribution in [0.15, 0.2) is 191 Å². The molecule has 0 radical (unpaired) electrons.